The van der Waals surface area contributed by atoms with Crippen molar-refractivity contribution < 1.29 is 22.7 Å². The highest BCUT2D eigenvalue weighted by Crippen LogP contribution is 2.34. The number of hydrogen-bond donors (Lipinski definition) is 0. The summed E-state index contributed by atoms with van der Waals surface area (Å²) in [5.41, 5.74) is 0. The van der Waals surface area contributed by atoms with Crippen LogP contribution in [0.1, 0.15) is 26.7 Å². The molecule has 0 aromatic heterocycles. The smallest absolute Gasteiger partial charge is 0.233 e. The van der Waals surface area contributed by atoms with E-state index < -0.39 is 9.84 Å². The van der Waals surface area contributed by atoms with Gasteiger partial charge in [-0.1, -0.05) is 6.92 Å². The molecule has 2 unspecified atom stereocenters. The minimum atomic E-state index is -3.02. The Morgan fingerprint density at radius 3 is 2.69 bits per heavy atom. The van der Waals surface area contributed by atoms with Gasteiger partial charge in [0.25, 0.3) is 0 Å². The molecular formula is C18H25NO5S2. The molecule has 2 atom stereocenters. The van der Waals surface area contributed by atoms with Gasteiger partial charge in [-0.25, -0.2) is 8.42 Å². The van der Waals surface area contributed by atoms with E-state index in [4.69, 9.17) is 9.47 Å². The van der Waals surface area contributed by atoms with Gasteiger partial charge in [-0.15, -0.1) is 11.8 Å². The number of carbonyl (C=O) groups excluding carboxylic acids is 1. The molecule has 8 heteroatoms. The normalized spacial score (nSPS) is 22.0. The Hall–Kier alpha value is -1.41. The Kier molecular flexibility index (Phi) is 6.02. The van der Waals surface area contributed by atoms with E-state index >= 15 is 0 Å². The molecule has 0 spiro atoms. The molecule has 2 heterocycles. The number of amides is 1. The van der Waals surface area contributed by atoms with Crippen LogP contribution in [0.25, 0.3) is 0 Å². The maximum atomic E-state index is 12.9. The van der Waals surface area contributed by atoms with Crippen molar-refractivity contribution in [2.24, 2.45) is 0 Å². The number of fused-ring (bicyclic) bond motifs is 1. The molecule has 2 aliphatic heterocycles. The molecule has 0 N–H and O–H groups in total. The third kappa shape index (κ3) is 4.46. The number of benzene rings is 1. The number of rotatable bonds is 6. The van der Waals surface area contributed by atoms with E-state index in [9.17, 15) is 13.2 Å². The highest BCUT2D eigenvalue weighted by Gasteiger charge is 2.36. The summed E-state index contributed by atoms with van der Waals surface area (Å²) < 4.78 is 34.7. The molecule has 26 heavy (non-hydrogen) atoms. The van der Waals surface area contributed by atoms with Gasteiger partial charge in [0.15, 0.2) is 21.3 Å². The maximum absolute atomic E-state index is 12.9. The zero-order valence-electron chi connectivity index (χ0n) is 15.1. The first-order valence-electron chi connectivity index (χ1n) is 8.93. The number of sulfone groups is 1. The predicted octanol–water partition coefficient (Wildman–Crippen LogP) is 2.36. The Morgan fingerprint density at radius 1 is 1.31 bits per heavy atom. The zero-order chi connectivity index (χ0) is 18.7. The molecule has 0 aliphatic carbocycles. The molecule has 1 amide bonds. The van der Waals surface area contributed by atoms with Crippen LogP contribution in [0.3, 0.4) is 0 Å². The first-order valence-corrected chi connectivity index (χ1v) is 11.7. The third-order valence-electron chi connectivity index (χ3n) is 4.83. The van der Waals surface area contributed by atoms with Gasteiger partial charge in [-0.05, 0) is 38.0 Å². The summed E-state index contributed by atoms with van der Waals surface area (Å²) in [5.74, 6) is 1.95. The summed E-state index contributed by atoms with van der Waals surface area (Å²) in [7, 11) is -3.02. The Bertz CT molecular complexity index is 765. The summed E-state index contributed by atoms with van der Waals surface area (Å²) >= 11 is 1.44. The van der Waals surface area contributed by atoms with Crippen molar-refractivity contribution in [1.29, 1.82) is 0 Å². The lowest BCUT2D eigenvalue weighted by Crippen LogP contribution is -2.47. The van der Waals surface area contributed by atoms with Crippen molar-refractivity contribution in [2.45, 2.75) is 43.7 Å². The van der Waals surface area contributed by atoms with Gasteiger partial charge in [-0.3, -0.25) is 4.79 Å². The number of thioether (sulfide) groups is 1. The molecule has 1 aromatic rings. The molecular weight excluding hydrogens is 374 g/mol. The van der Waals surface area contributed by atoms with E-state index in [0.29, 0.717) is 25.4 Å². The molecule has 0 bridgehead atoms. The highest BCUT2D eigenvalue weighted by molar-refractivity contribution is 8.00. The summed E-state index contributed by atoms with van der Waals surface area (Å²) in [4.78, 5) is 15.6. The van der Waals surface area contributed by atoms with E-state index in [1.807, 2.05) is 32.0 Å². The topological polar surface area (TPSA) is 72.9 Å². The molecule has 6 nitrogen and oxygen atoms in total. The average Bonchev–Trinajstić information content (AvgIpc) is 2.99. The van der Waals surface area contributed by atoms with Gasteiger partial charge < -0.3 is 14.4 Å². The summed E-state index contributed by atoms with van der Waals surface area (Å²) in [6.07, 6.45) is 1.34. The van der Waals surface area contributed by atoms with E-state index in [0.717, 1.165) is 17.1 Å². The largest absolute Gasteiger partial charge is 0.486 e. The van der Waals surface area contributed by atoms with Crippen molar-refractivity contribution in [3.05, 3.63) is 18.2 Å². The summed E-state index contributed by atoms with van der Waals surface area (Å²) in [6.45, 7) is 5.07. The molecule has 1 fully saturated rings. The fourth-order valence-corrected chi connectivity index (χ4v) is 5.84. The van der Waals surface area contributed by atoms with Crippen molar-refractivity contribution >= 4 is 27.5 Å². The Labute approximate surface area is 159 Å². The Balaban J connectivity index is 1.66. The van der Waals surface area contributed by atoms with Gasteiger partial charge in [0.05, 0.1) is 17.3 Å². The predicted molar refractivity (Wildman–Crippen MR) is 102 cm³/mol. The van der Waals surface area contributed by atoms with Crippen molar-refractivity contribution in [3.63, 3.8) is 0 Å². The second-order valence-corrected chi connectivity index (χ2v) is 9.99. The Morgan fingerprint density at radius 2 is 2.04 bits per heavy atom. The quantitative estimate of drug-likeness (QED) is 0.684. The van der Waals surface area contributed by atoms with E-state index in [1.54, 1.807) is 4.90 Å². The van der Waals surface area contributed by atoms with Gasteiger partial charge in [0, 0.05) is 17.0 Å². The highest BCUT2D eigenvalue weighted by atomic mass is 32.2. The lowest BCUT2D eigenvalue weighted by Gasteiger charge is -2.33. The fourth-order valence-electron chi connectivity index (χ4n) is 3.33. The van der Waals surface area contributed by atoms with Crippen molar-refractivity contribution in [3.8, 4) is 11.5 Å². The SMILES string of the molecule is CCC(C)N(C(=O)CSc1ccc2c(c1)OCCO2)C1CCS(=O)(=O)C1. The minimum Gasteiger partial charge on any atom is -0.486 e. The van der Waals surface area contributed by atoms with Gasteiger partial charge >= 0.3 is 0 Å². The van der Waals surface area contributed by atoms with E-state index in [-0.39, 0.29) is 35.2 Å². The maximum Gasteiger partial charge on any atom is 0.233 e. The molecule has 1 aromatic carbocycles. The fraction of sp³-hybridized carbons (Fsp3) is 0.611. The van der Waals surface area contributed by atoms with Crippen LogP contribution in [0.2, 0.25) is 0 Å². The summed E-state index contributed by atoms with van der Waals surface area (Å²) in [6, 6.07) is 5.49. The van der Waals surface area contributed by atoms with Crippen LogP contribution < -0.4 is 9.47 Å². The van der Waals surface area contributed by atoms with Crippen LogP contribution in [0.4, 0.5) is 0 Å². The molecule has 2 aliphatic rings. The molecule has 0 radical (unpaired) electrons. The number of nitrogens with zero attached hydrogens (tertiary/aromatic N) is 1. The lowest BCUT2D eigenvalue weighted by molar-refractivity contribution is -0.132. The van der Waals surface area contributed by atoms with Gasteiger partial charge in [-0.2, -0.15) is 0 Å². The van der Waals surface area contributed by atoms with Crippen molar-refractivity contribution in [2.75, 3.05) is 30.5 Å². The number of carbonyl (C=O) groups is 1. The van der Waals surface area contributed by atoms with Crippen LogP contribution in [0.5, 0.6) is 11.5 Å². The van der Waals surface area contributed by atoms with Crippen molar-refractivity contribution in [1.82, 2.24) is 4.90 Å². The van der Waals surface area contributed by atoms with E-state index in [1.165, 1.54) is 11.8 Å². The summed E-state index contributed by atoms with van der Waals surface area (Å²) in [5, 5.41) is 0. The van der Waals surface area contributed by atoms with Crippen LogP contribution in [-0.2, 0) is 14.6 Å². The monoisotopic (exact) mass is 399 g/mol. The second-order valence-electron chi connectivity index (χ2n) is 6.71. The van der Waals surface area contributed by atoms with Crippen LogP contribution >= 0.6 is 11.8 Å². The molecule has 0 saturated carbocycles. The lowest BCUT2D eigenvalue weighted by atomic mass is 10.1. The van der Waals surface area contributed by atoms with Gasteiger partial charge in [0.1, 0.15) is 13.2 Å². The van der Waals surface area contributed by atoms with Gasteiger partial charge in [0.2, 0.25) is 5.91 Å². The molecule has 1 saturated heterocycles. The third-order valence-corrected chi connectivity index (χ3v) is 7.56. The first-order chi connectivity index (χ1) is 12.4. The molecule has 144 valence electrons. The van der Waals surface area contributed by atoms with Crippen LogP contribution in [0.15, 0.2) is 23.1 Å². The average molecular weight is 400 g/mol. The van der Waals surface area contributed by atoms with Crippen LogP contribution in [-0.4, -0.2) is 61.8 Å². The molecule has 3 rings (SSSR count). The standard InChI is InChI=1S/C18H25NO5S2/c1-3-13(2)19(14-6-9-26(21,22)12-14)18(20)11-25-15-4-5-16-17(10-15)24-8-7-23-16/h4-5,10,13-14H,3,6-9,11-12H2,1-2H3. The first kappa shape index (κ1) is 19.4. The number of ether oxygens (including phenoxy) is 2. The minimum absolute atomic E-state index is 0.0126. The van der Waals surface area contributed by atoms with E-state index in [2.05, 4.69) is 0 Å². The number of hydrogen-bond acceptors (Lipinski definition) is 6. The second kappa shape index (κ2) is 8.08. The van der Waals surface area contributed by atoms with Crippen LogP contribution in [0, 0.1) is 0 Å². The zero-order valence-corrected chi connectivity index (χ0v) is 16.8.